The zero-order chi connectivity index (χ0) is 16.2. The van der Waals surface area contributed by atoms with Crippen LogP contribution in [0.4, 0.5) is 0 Å². The van der Waals surface area contributed by atoms with Crippen LogP contribution in [0.5, 0.6) is 0 Å². The summed E-state index contributed by atoms with van der Waals surface area (Å²) in [7, 11) is 0. The highest BCUT2D eigenvalue weighted by molar-refractivity contribution is 5.91. The van der Waals surface area contributed by atoms with E-state index in [0.717, 1.165) is 0 Å². The monoisotopic (exact) mass is 305 g/mol. The molecule has 0 atom stereocenters. The summed E-state index contributed by atoms with van der Waals surface area (Å²) >= 11 is 0. The molecule has 113 valence electrons. The molecular formula is C24H17. The number of benzene rings is 4. The predicted molar refractivity (Wildman–Crippen MR) is 102 cm³/mol. The van der Waals surface area contributed by atoms with Gasteiger partial charge in [-0.1, -0.05) is 97.1 Å². The van der Waals surface area contributed by atoms with E-state index in [9.17, 15) is 0 Å². The number of rotatable bonds is 3. The fourth-order valence-electron chi connectivity index (χ4n) is 3.11. The molecule has 4 rings (SSSR count). The van der Waals surface area contributed by atoms with Crippen molar-refractivity contribution in [3.05, 3.63) is 109 Å². The summed E-state index contributed by atoms with van der Waals surface area (Å²) in [5.74, 6) is 0. The van der Waals surface area contributed by atoms with Gasteiger partial charge >= 0.3 is 0 Å². The first-order valence-corrected chi connectivity index (χ1v) is 8.14. The van der Waals surface area contributed by atoms with Gasteiger partial charge in [0.15, 0.2) is 0 Å². The van der Waals surface area contributed by atoms with Gasteiger partial charge in [0.2, 0.25) is 0 Å². The minimum Gasteiger partial charge on any atom is -0.0622 e. The second kappa shape index (κ2) is 6.55. The van der Waals surface area contributed by atoms with Crippen LogP contribution in [0.3, 0.4) is 0 Å². The third-order valence-electron chi connectivity index (χ3n) is 4.25. The average molecular weight is 305 g/mol. The molecule has 0 aromatic heterocycles. The molecule has 0 heterocycles. The lowest BCUT2D eigenvalue weighted by atomic mass is 9.89. The molecule has 0 nitrogen and oxygen atoms in total. The van der Waals surface area contributed by atoms with Gasteiger partial charge in [-0.25, -0.2) is 0 Å². The zero-order valence-electron chi connectivity index (χ0n) is 13.3. The Kier molecular flexibility index (Phi) is 3.95. The van der Waals surface area contributed by atoms with Gasteiger partial charge in [0.25, 0.3) is 0 Å². The zero-order valence-corrected chi connectivity index (χ0v) is 13.3. The molecule has 24 heavy (non-hydrogen) atoms. The van der Waals surface area contributed by atoms with Crippen LogP contribution in [-0.2, 0) is 0 Å². The Morgan fingerprint density at radius 3 is 1.54 bits per heavy atom. The first-order chi connectivity index (χ1) is 11.9. The number of hydrogen-bond donors (Lipinski definition) is 0. The summed E-state index contributed by atoms with van der Waals surface area (Å²) in [5, 5.41) is 0. The van der Waals surface area contributed by atoms with Crippen molar-refractivity contribution in [1.82, 2.24) is 0 Å². The smallest absolute Gasteiger partial charge is 0.00930 e. The first kappa shape index (κ1) is 14.5. The maximum Gasteiger partial charge on any atom is -0.00930 e. The molecule has 0 heteroatoms. The van der Waals surface area contributed by atoms with Crippen molar-refractivity contribution in [1.29, 1.82) is 0 Å². The molecule has 4 aromatic carbocycles. The van der Waals surface area contributed by atoms with Crippen LogP contribution < -0.4 is 0 Å². The van der Waals surface area contributed by atoms with Crippen LogP contribution in [0.2, 0.25) is 0 Å². The minimum atomic E-state index is 1.21. The fourth-order valence-corrected chi connectivity index (χ4v) is 3.11. The largest absolute Gasteiger partial charge is 0.0622 e. The van der Waals surface area contributed by atoms with E-state index in [2.05, 4.69) is 103 Å². The summed E-state index contributed by atoms with van der Waals surface area (Å²) in [6, 6.07) is 39.1. The highest BCUT2D eigenvalue weighted by Gasteiger charge is 2.11. The maximum atomic E-state index is 3.25. The van der Waals surface area contributed by atoms with E-state index < -0.39 is 0 Å². The van der Waals surface area contributed by atoms with Crippen molar-refractivity contribution >= 4 is 0 Å². The van der Waals surface area contributed by atoms with E-state index in [1.54, 1.807) is 0 Å². The Morgan fingerprint density at radius 2 is 0.917 bits per heavy atom. The van der Waals surface area contributed by atoms with Crippen molar-refractivity contribution in [2.45, 2.75) is 0 Å². The van der Waals surface area contributed by atoms with E-state index in [1.165, 1.54) is 33.4 Å². The standard InChI is InChI=1S/C24H17/c1-3-11-19(12-4-1)21-15-7-9-17-23(21)24-18-10-8-16-22(24)20-13-5-2-6-14-20/h1-9,11-18H. The molecule has 0 aliphatic heterocycles. The van der Waals surface area contributed by atoms with Crippen LogP contribution in [0.1, 0.15) is 0 Å². The molecule has 0 aliphatic rings. The third-order valence-corrected chi connectivity index (χ3v) is 4.25. The topological polar surface area (TPSA) is 0 Å². The molecule has 0 saturated carbocycles. The Labute approximate surface area is 143 Å². The van der Waals surface area contributed by atoms with Crippen LogP contribution in [0, 0.1) is 6.07 Å². The van der Waals surface area contributed by atoms with Gasteiger partial charge in [-0.2, -0.15) is 0 Å². The highest BCUT2D eigenvalue weighted by atomic mass is 14.1. The lowest BCUT2D eigenvalue weighted by Gasteiger charge is -2.14. The third kappa shape index (κ3) is 2.75. The maximum absolute atomic E-state index is 3.25. The van der Waals surface area contributed by atoms with E-state index in [4.69, 9.17) is 0 Å². The molecule has 0 spiro atoms. The minimum absolute atomic E-state index is 1.21. The highest BCUT2D eigenvalue weighted by Crippen LogP contribution is 2.37. The van der Waals surface area contributed by atoms with Crippen molar-refractivity contribution in [2.24, 2.45) is 0 Å². The lowest BCUT2D eigenvalue weighted by Crippen LogP contribution is -1.88. The summed E-state index contributed by atoms with van der Waals surface area (Å²) in [6.45, 7) is 0. The molecule has 4 aromatic rings. The van der Waals surface area contributed by atoms with Gasteiger partial charge in [-0.05, 0) is 45.5 Å². The van der Waals surface area contributed by atoms with Crippen molar-refractivity contribution in [3.8, 4) is 33.4 Å². The summed E-state index contributed by atoms with van der Waals surface area (Å²) in [4.78, 5) is 0. The Balaban J connectivity index is 1.93. The first-order valence-electron chi connectivity index (χ1n) is 8.14. The summed E-state index contributed by atoms with van der Waals surface area (Å²) in [5.41, 5.74) is 7.38. The average Bonchev–Trinajstić information content (AvgIpc) is 2.69. The Morgan fingerprint density at radius 1 is 0.417 bits per heavy atom. The summed E-state index contributed by atoms with van der Waals surface area (Å²) in [6.07, 6.45) is 0. The van der Waals surface area contributed by atoms with E-state index in [-0.39, 0.29) is 0 Å². The molecule has 0 saturated heterocycles. The van der Waals surface area contributed by atoms with Gasteiger partial charge in [0.1, 0.15) is 0 Å². The predicted octanol–water partition coefficient (Wildman–Crippen LogP) is 6.49. The van der Waals surface area contributed by atoms with Crippen molar-refractivity contribution in [2.75, 3.05) is 0 Å². The Hall–Kier alpha value is -3.12. The van der Waals surface area contributed by atoms with E-state index in [0.29, 0.717) is 0 Å². The molecule has 0 amide bonds. The van der Waals surface area contributed by atoms with Gasteiger partial charge < -0.3 is 0 Å². The molecule has 1 radical (unpaired) electrons. The van der Waals surface area contributed by atoms with E-state index in [1.807, 2.05) is 6.07 Å². The van der Waals surface area contributed by atoms with Crippen LogP contribution in [0.25, 0.3) is 33.4 Å². The number of hydrogen-bond acceptors (Lipinski definition) is 0. The van der Waals surface area contributed by atoms with Gasteiger partial charge in [-0.3, -0.25) is 0 Å². The van der Waals surface area contributed by atoms with Crippen LogP contribution >= 0.6 is 0 Å². The van der Waals surface area contributed by atoms with Crippen LogP contribution in [-0.4, -0.2) is 0 Å². The second-order valence-electron chi connectivity index (χ2n) is 5.75. The van der Waals surface area contributed by atoms with Gasteiger partial charge in [0, 0.05) is 0 Å². The van der Waals surface area contributed by atoms with Crippen molar-refractivity contribution in [3.63, 3.8) is 0 Å². The summed E-state index contributed by atoms with van der Waals surface area (Å²) < 4.78 is 0. The molecule has 0 fully saturated rings. The molecule has 0 unspecified atom stereocenters. The SMILES string of the molecule is [c]1ccc(-c2ccccc2)c(-c2ccccc2-c2ccccc2)c1. The fraction of sp³-hybridized carbons (Fsp3) is 0. The molecule has 0 N–H and O–H groups in total. The Bertz CT molecular complexity index is 857. The van der Waals surface area contributed by atoms with Gasteiger partial charge in [0.05, 0.1) is 0 Å². The lowest BCUT2D eigenvalue weighted by molar-refractivity contribution is 1.56. The van der Waals surface area contributed by atoms with Gasteiger partial charge in [-0.15, -0.1) is 0 Å². The molecular weight excluding hydrogens is 288 g/mol. The molecule has 0 aliphatic carbocycles. The quantitative estimate of drug-likeness (QED) is 0.406. The van der Waals surface area contributed by atoms with Crippen LogP contribution in [0.15, 0.2) is 103 Å². The normalized spacial score (nSPS) is 10.5. The van der Waals surface area contributed by atoms with Crippen molar-refractivity contribution < 1.29 is 0 Å². The molecule has 0 bridgehead atoms. The second-order valence-corrected chi connectivity index (χ2v) is 5.75. The van der Waals surface area contributed by atoms with E-state index >= 15 is 0 Å².